The van der Waals surface area contributed by atoms with Gasteiger partial charge in [0.15, 0.2) is 0 Å². The second kappa shape index (κ2) is 4.72. The summed E-state index contributed by atoms with van der Waals surface area (Å²) in [6.45, 7) is 2.56. The maximum absolute atomic E-state index is 12.3. The van der Waals surface area contributed by atoms with Gasteiger partial charge in [0.2, 0.25) is 5.91 Å². The second-order valence-electron chi connectivity index (χ2n) is 5.34. The minimum absolute atomic E-state index is 0.197. The summed E-state index contributed by atoms with van der Waals surface area (Å²) in [5, 5.41) is 0. The van der Waals surface area contributed by atoms with Gasteiger partial charge in [-0.15, -0.1) is 0 Å². The van der Waals surface area contributed by atoms with Crippen LogP contribution in [0.2, 0.25) is 0 Å². The van der Waals surface area contributed by atoms with Gasteiger partial charge in [-0.3, -0.25) is 4.79 Å². The molecule has 0 bridgehead atoms. The molecule has 4 nitrogen and oxygen atoms in total. The molecular weight excluding hydrogens is 202 g/mol. The van der Waals surface area contributed by atoms with Crippen molar-refractivity contribution in [2.24, 2.45) is 17.6 Å². The van der Waals surface area contributed by atoms with E-state index in [-0.39, 0.29) is 12.0 Å². The highest BCUT2D eigenvalue weighted by Crippen LogP contribution is 2.35. The Morgan fingerprint density at radius 1 is 1.50 bits per heavy atom. The number of likely N-dealkylation sites (N-methyl/N-ethyl adjacent to an activating group) is 1. The summed E-state index contributed by atoms with van der Waals surface area (Å²) >= 11 is 0. The molecule has 2 aliphatic rings. The standard InChI is InChI=1S/C12H23N3O/c1-14-6-5-10(8-14)12(16)15(2)11(7-13)9-3-4-9/h9-11H,3-8,13H2,1-2H3. The van der Waals surface area contributed by atoms with Crippen LogP contribution in [0.1, 0.15) is 19.3 Å². The largest absolute Gasteiger partial charge is 0.341 e. The Labute approximate surface area is 97.8 Å². The number of hydrogen-bond donors (Lipinski definition) is 1. The molecule has 1 saturated carbocycles. The summed E-state index contributed by atoms with van der Waals surface area (Å²) in [4.78, 5) is 16.4. The van der Waals surface area contributed by atoms with E-state index in [1.165, 1.54) is 12.8 Å². The zero-order valence-electron chi connectivity index (χ0n) is 10.4. The summed E-state index contributed by atoms with van der Waals surface area (Å²) in [6, 6.07) is 0.276. The average molecular weight is 225 g/mol. The first-order chi connectivity index (χ1) is 7.63. The van der Waals surface area contributed by atoms with Gasteiger partial charge in [0.05, 0.1) is 5.92 Å². The van der Waals surface area contributed by atoms with E-state index < -0.39 is 0 Å². The normalized spacial score (nSPS) is 28.1. The van der Waals surface area contributed by atoms with Gasteiger partial charge in [-0.25, -0.2) is 0 Å². The summed E-state index contributed by atoms with van der Waals surface area (Å²) in [5.41, 5.74) is 5.77. The molecular formula is C12H23N3O. The molecule has 2 fully saturated rings. The van der Waals surface area contributed by atoms with Gasteiger partial charge in [0, 0.05) is 26.2 Å². The topological polar surface area (TPSA) is 49.6 Å². The van der Waals surface area contributed by atoms with E-state index in [0.29, 0.717) is 18.4 Å². The molecule has 2 N–H and O–H groups in total. The van der Waals surface area contributed by atoms with Crippen molar-refractivity contribution in [2.75, 3.05) is 33.7 Å². The van der Waals surface area contributed by atoms with Crippen LogP contribution < -0.4 is 5.73 Å². The minimum Gasteiger partial charge on any atom is -0.341 e. The fourth-order valence-electron chi connectivity index (χ4n) is 2.74. The predicted molar refractivity (Wildman–Crippen MR) is 63.9 cm³/mol. The monoisotopic (exact) mass is 225 g/mol. The van der Waals surface area contributed by atoms with Gasteiger partial charge in [-0.1, -0.05) is 0 Å². The number of hydrogen-bond acceptors (Lipinski definition) is 3. The minimum atomic E-state index is 0.197. The lowest BCUT2D eigenvalue weighted by atomic mass is 10.0. The third-order valence-electron chi connectivity index (χ3n) is 3.99. The first-order valence-electron chi connectivity index (χ1n) is 6.28. The Kier molecular flexibility index (Phi) is 3.50. The van der Waals surface area contributed by atoms with Gasteiger partial charge in [0.25, 0.3) is 0 Å². The van der Waals surface area contributed by atoms with Crippen LogP contribution in [0.3, 0.4) is 0 Å². The Bertz CT molecular complexity index is 265. The maximum Gasteiger partial charge on any atom is 0.227 e. The Balaban J connectivity index is 1.92. The molecule has 4 heteroatoms. The molecule has 2 unspecified atom stereocenters. The first kappa shape index (κ1) is 11.9. The van der Waals surface area contributed by atoms with Gasteiger partial charge in [-0.05, 0) is 38.8 Å². The maximum atomic E-state index is 12.3. The van der Waals surface area contributed by atoms with Crippen molar-refractivity contribution in [3.8, 4) is 0 Å². The quantitative estimate of drug-likeness (QED) is 0.740. The molecule has 16 heavy (non-hydrogen) atoms. The lowest BCUT2D eigenvalue weighted by molar-refractivity contribution is -0.136. The third kappa shape index (κ3) is 2.38. The smallest absolute Gasteiger partial charge is 0.227 e. The van der Waals surface area contributed by atoms with E-state index in [0.717, 1.165) is 19.5 Å². The van der Waals surface area contributed by atoms with Gasteiger partial charge in [-0.2, -0.15) is 0 Å². The van der Waals surface area contributed by atoms with E-state index in [2.05, 4.69) is 11.9 Å². The van der Waals surface area contributed by atoms with Crippen LogP contribution in [0, 0.1) is 11.8 Å². The number of amides is 1. The van der Waals surface area contributed by atoms with Gasteiger partial charge in [0.1, 0.15) is 0 Å². The van der Waals surface area contributed by atoms with Crippen molar-refractivity contribution >= 4 is 5.91 Å². The van der Waals surface area contributed by atoms with E-state index in [1.54, 1.807) is 0 Å². The molecule has 0 radical (unpaired) electrons. The van der Waals surface area contributed by atoms with E-state index in [1.807, 2.05) is 11.9 Å². The Hall–Kier alpha value is -0.610. The van der Waals surface area contributed by atoms with Crippen molar-refractivity contribution in [1.29, 1.82) is 0 Å². The molecule has 2 rings (SSSR count). The molecule has 0 aromatic carbocycles. The number of carbonyl (C=O) groups excluding carboxylic acids is 1. The SMILES string of the molecule is CN1CCC(C(=O)N(C)C(CN)C2CC2)C1. The van der Waals surface area contributed by atoms with Crippen molar-refractivity contribution in [3.05, 3.63) is 0 Å². The average Bonchev–Trinajstić information content (AvgIpc) is 3.00. The molecule has 92 valence electrons. The number of likely N-dealkylation sites (tertiary alicyclic amines) is 1. The molecule has 1 heterocycles. The molecule has 1 aliphatic heterocycles. The van der Waals surface area contributed by atoms with E-state index >= 15 is 0 Å². The lowest BCUT2D eigenvalue weighted by Crippen LogP contribution is -2.46. The fraction of sp³-hybridized carbons (Fsp3) is 0.917. The number of nitrogens with zero attached hydrogens (tertiary/aromatic N) is 2. The van der Waals surface area contributed by atoms with E-state index in [4.69, 9.17) is 5.73 Å². The van der Waals surface area contributed by atoms with Crippen molar-refractivity contribution in [2.45, 2.75) is 25.3 Å². The molecule has 0 aromatic heterocycles. The highest BCUT2D eigenvalue weighted by atomic mass is 16.2. The summed E-state index contributed by atoms with van der Waals surface area (Å²) in [6.07, 6.45) is 3.48. The highest BCUT2D eigenvalue weighted by molar-refractivity contribution is 5.79. The molecule has 1 aliphatic carbocycles. The van der Waals surface area contributed by atoms with Crippen LogP contribution in [0.5, 0.6) is 0 Å². The van der Waals surface area contributed by atoms with E-state index in [9.17, 15) is 4.79 Å². The van der Waals surface area contributed by atoms with Crippen molar-refractivity contribution < 1.29 is 4.79 Å². The zero-order valence-corrected chi connectivity index (χ0v) is 10.4. The number of rotatable bonds is 4. The Morgan fingerprint density at radius 3 is 2.62 bits per heavy atom. The summed E-state index contributed by atoms with van der Waals surface area (Å²) < 4.78 is 0. The summed E-state index contributed by atoms with van der Waals surface area (Å²) in [7, 11) is 4.01. The second-order valence-corrected chi connectivity index (χ2v) is 5.34. The van der Waals surface area contributed by atoms with Crippen LogP contribution in [0.25, 0.3) is 0 Å². The number of carbonyl (C=O) groups is 1. The van der Waals surface area contributed by atoms with Crippen molar-refractivity contribution in [3.63, 3.8) is 0 Å². The summed E-state index contributed by atoms with van der Waals surface area (Å²) in [5.74, 6) is 1.16. The van der Waals surface area contributed by atoms with Crippen LogP contribution in [-0.4, -0.2) is 55.5 Å². The highest BCUT2D eigenvalue weighted by Gasteiger charge is 2.37. The van der Waals surface area contributed by atoms with Crippen molar-refractivity contribution in [1.82, 2.24) is 9.80 Å². The van der Waals surface area contributed by atoms with Gasteiger partial charge < -0.3 is 15.5 Å². The molecule has 2 atom stereocenters. The van der Waals surface area contributed by atoms with Crippen LogP contribution in [0.15, 0.2) is 0 Å². The van der Waals surface area contributed by atoms with Crippen LogP contribution >= 0.6 is 0 Å². The van der Waals surface area contributed by atoms with Crippen LogP contribution in [0.4, 0.5) is 0 Å². The zero-order chi connectivity index (χ0) is 11.7. The molecule has 0 spiro atoms. The molecule has 1 saturated heterocycles. The molecule has 0 aromatic rings. The lowest BCUT2D eigenvalue weighted by Gasteiger charge is -2.29. The predicted octanol–water partition coefficient (Wildman–Crippen LogP) is 0.134. The third-order valence-corrected chi connectivity index (χ3v) is 3.99. The number of nitrogens with two attached hydrogens (primary N) is 1. The van der Waals surface area contributed by atoms with Gasteiger partial charge >= 0.3 is 0 Å². The Morgan fingerprint density at radius 2 is 2.19 bits per heavy atom. The fourth-order valence-corrected chi connectivity index (χ4v) is 2.74. The van der Waals surface area contributed by atoms with Crippen LogP contribution in [-0.2, 0) is 4.79 Å². The first-order valence-corrected chi connectivity index (χ1v) is 6.28. The molecule has 1 amide bonds.